The van der Waals surface area contributed by atoms with Crippen LogP contribution < -0.4 is 5.32 Å². The van der Waals surface area contributed by atoms with Crippen LogP contribution in [0.1, 0.15) is 12.5 Å². The number of H-pyrrole nitrogens is 1. The van der Waals surface area contributed by atoms with E-state index in [9.17, 15) is 8.42 Å². The van der Waals surface area contributed by atoms with Crippen LogP contribution in [-0.4, -0.2) is 54.1 Å². The Morgan fingerprint density at radius 2 is 2.44 bits per heavy atom. The van der Waals surface area contributed by atoms with Gasteiger partial charge in [-0.2, -0.15) is 21.2 Å². The topological polar surface area (TPSA) is 78.1 Å². The van der Waals surface area contributed by atoms with Crippen LogP contribution in [0, 0.1) is 0 Å². The molecule has 2 N–H and O–H groups in total. The molecule has 1 unspecified atom stereocenters. The third-order valence-electron chi connectivity index (χ3n) is 2.92. The van der Waals surface area contributed by atoms with Gasteiger partial charge in [0.05, 0.1) is 6.20 Å². The zero-order chi connectivity index (χ0) is 13.2. The lowest BCUT2D eigenvalue weighted by atomic mass is 10.4. The van der Waals surface area contributed by atoms with Crippen molar-refractivity contribution >= 4 is 21.8 Å². The third-order valence-corrected chi connectivity index (χ3v) is 6.14. The Labute approximate surface area is 112 Å². The molecule has 8 heteroatoms. The number of aromatic amines is 1. The molecule has 0 saturated carbocycles. The van der Waals surface area contributed by atoms with E-state index in [0.717, 1.165) is 11.5 Å². The van der Waals surface area contributed by atoms with Gasteiger partial charge in [-0.25, -0.2) is 8.42 Å². The first-order valence-electron chi connectivity index (χ1n) is 5.83. The van der Waals surface area contributed by atoms with Crippen molar-refractivity contribution < 1.29 is 8.42 Å². The normalized spacial score (nSPS) is 22.2. The highest BCUT2D eigenvalue weighted by Crippen LogP contribution is 2.24. The molecular weight excluding hydrogens is 272 g/mol. The second-order valence-electron chi connectivity index (χ2n) is 4.29. The Morgan fingerprint density at radius 3 is 3.11 bits per heavy atom. The summed E-state index contributed by atoms with van der Waals surface area (Å²) in [6, 6.07) is 0.0273. The lowest BCUT2D eigenvalue weighted by molar-refractivity contribution is 0.365. The summed E-state index contributed by atoms with van der Waals surface area (Å²) in [4.78, 5) is 0. The molecule has 2 heterocycles. The Balaban J connectivity index is 2.32. The molecule has 1 aliphatic rings. The number of nitrogens with one attached hydrogen (secondary N) is 2. The van der Waals surface area contributed by atoms with Crippen LogP contribution in [0.25, 0.3) is 0 Å². The van der Waals surface area contributed by atoms with Crippen molar-refractivity contribution in [1.29, 1.82) is 0 Å². The molecule has 2 rings (SSSR count). The molecule has 0 aliphatic carbocycles. The van der Waals surface area contributed by atoms with E-state index in [1.54, 1.807) is 29.3 Å². The summed E-state index contributed by atoms with van der Waals surface area (Å²) in [5.41, 5.74) is 0.683. The SMILES string of the molecule is CNCc1cn[nH]c1S(=O)(=O)N1CCSCC1C. The van der Waals surface area contributed by atoms with Crippen molar-refractivity contribution in [2.45, 2.75) is 24.5 Å². The van der Waals surface area contributed by atoms with Crippen LogP contribution in [0.3, 0.4) is 0 Å². The molecule has 1 aromatic rings. The highest BCUT2D eigenvalue weighted by Gasteiger charge is 2.33. The molecule has 1 aliphatic heterocycles. The van der Waals surface area contributed by atoms with E-state index in [1.165, 1.54) is 0 Å². The van der Waals surface area contributed by atoms with Gasteiger partial charge in [-0.1, -0.05) is 0 Å². The molecule has 0 bridgehead atoms. The van der Waals surface area contributed by atoms with Gasteiger partial charge in [-0.05, 0) is 14.0 Å². The first kappa shape index (κ1) is 13.9. The Kier molecular flexibility index (Phi) is 4.31. The number of aromatic nitrogens is 2. The minimum atomic E-state index is -3.46. The number of thioether (sulfide) groups is 1. The maximum atomic E-state index is 12.6. The van der Waals surface area contributed by atoms with Gasteiger partial charge in [0.15, 0.2) is 5.03 Å². The summed E-state index contributed by atoms with van der Waals surface area (Å²) in [5, 5.41) is 9.64. The fraction of sp³-hybridized carbons (Fsp3) is 0.700. The smallest absolute Gasteiger partial charge is 0.260 e. The number of hydrogen-bond donors (Lipinski definition) is 2. The lowest BCUT2D eigenvalue weighted by Gasteiger charge is -2.31. The van der Waals surface area contributed by atoms with Gasteiger partial charge in [0, 0.05) is 36.2 Å². The van der Waals surface area contributed by atoms with Gasteiger partial charge in [0.2, 0.25) is 0 Å². The van der Waals surface area contributed by atoms with Crippen molar-refractivity contribution in [3.63, 3.8) is 0 Å². The van der Waals surface area contributed by atoms with Gasteiger partial charge < -0.3 is 5.32 Å². The maximum absolute atomic E-state index is 12.6. The van der Waals surface area contributed by atoms with Gasteiger partial charge in [-0.15, -0.1) is 0 Å². The minimum Gasteiger partial charge on any atom is -0.316 e. The van der Waals surface area contributed by atoms with Gasteiger partial charge in [0.25, 0.3) is 10.0 Å². The predicted molar refractivity (Wildman–Crippen MR) is 72.0 cm³/mol. The molecule has 1 aromatic heterocycles. The molecule has 0 spiro atoms. The largest absolute Gasteiger partial charge is 0.316 e. The molecule has 0 aromatic carbocycles. The fourth-order valence-electron chi connectivity index (χ4n) is 2.03. The summed E-state index contributed by atoms with van der Waals surface area (Å²) in [7, 11) is -1.68. The Hall–Kier alpha value is -0.570. The summed E-state index contributed by atoms with van der Waals surface area (Å²) in [6.45, 7) is 2.99. The lowest BCUT2D eigenvalue weighted by Crippen LogP contribution is -2.44. The van der Waals surface area contributed by atoms with Gasteiger partial charge in [-0.3, -0.25) is 5.10 Å². The van der Waals surface area contributed by atoms with Crippen molar-refractivity contribution in [1.82, 2.24) is 19.8 Å². The second kappa shape index (κ2) is 5.60. The first-order valence-corrected chi connectivity index (χ1v) is 8.43. The number of nitrogens with zero attached hydrogens (tertiary/aromatic N) is 2. The highest BCUT2D eigenvalue weighted by atomic mass is 32.2. The first-order chi connectivity index (χ1) is 8.57. The summed E-state index contributed by atoms with van der Waals surface area (Å²) in [6.07, 6.45) is 1.56. The van der Waals surface area contributed by atoms with E-state index in [4.69, 9.17) is 0 Å². The standard InChI is InChI=1S/C10H18N4O2S2/c1-8-7-17-4-3-14(8)18(15,16)10-9(5-11-2)6-12-13-10/h6,8,11H,3-5,7H2,1-2H3,(H,12,13). The van der Waals surface area contributed by atoms with E-state index in [1.807, 2.05) is 6.92 Å². The Morgan fingerprint density at radius 1 is 1.67 bits per heavy atom. The van der Waals surface area contributed by atoms with E-state index < -0.39 is 10.0 Å². The van der Waals surface area contributed by atoms with Crippen LogP contribution in [0.4, 0.5) is 0 Å². The predicted octanol–water partition coefficient (Wildman–Crippen LogP) is 0.255. The summed E-state index contributed by atoms with van der Waals surface area (Å²) in [5.74, 6) is 1.69. The molecule has 0 amide bonds. The highest BCUT2D eigenvalue weighted by molar-refractivity contribution is 7.99. The third kappa shape index (κ3) is 2.56. The molecule has 1 saturated heterocycles. The number of hydrogen-bond acceptors (Lipinski definition) is 5. The monoisotopic (exact) mass is 290 g/mol. The summed E-state index contributed by atoms with van der Waals surface area (Å²) < 4.78 is 26.7. The zero-order valence-electron chi connectivity index (χ0n) is 10.5. The molecule has 102 valence electrons. The van der Waals surface area contributed by atoms with Crippen LogP contribution in [0.5, 0.6) is 0 Å². The van der Waals surface area contributed by atoms with E-state index in [-0.39, 0.29) is 11.1 Å². The summed E-state index contributed by atoms with van der Waals surface area (Å²) >= 11 is 1.79. The van der Waals surface area contributed by atoms with Crippen LogP contribution in [-0.2, 0) is 16.6 Å². The number of rotatable bonds is 4. The average Bonchev–Trinajstić information content (AvgIpc) is 2.79. The van der Waals surface area contributed by atoms with Crippen LogP contribution >= 0.6 is 11.8 Å². The molecule has 0 radical (unpaired) electrons. The van der Waals surface area contributed by atoms with Gasteiger partial charge >= 0.3 is 0 Å². The zero-order valence-corrected chi connectivity index (χ0v) is 12.1. The average molecular weight is 290 g/mol. The van der Waals surface area contributed by atoms with Crippen molar-refractivity contribution in [2.24, 2.45) is 0 Å². The Bertz CT molecular complexity index is 500. The molecule has 18 heavy (non-hydrogen) atoms. The minimum absolute atomic E-state index is 0.0273. The van der Waals surface area contributed by atoms with E-state index in [2.05, 4.69) is 15.5 Å². The quantitative estimate of drug-likeness (QED) is 0.831. The number of sulfonamides is 1. The second-order valence-corrected chi connectivity index (χ2v) is 7.27. The molecule has 1 fully saturated rings. The van der Waals surface area contributed by atoms with Crippen molar-refractivity contribution in [3.8, 4) is 0 Å². The fourth-order valence-corrected chi connectivity index (χ4v) is 4.99. The van der Waals surface area contributed by atoms with E-state index >= 15 is 0 Å². The van der Waals surface area contributed by atoms with Crippen LogP contribution in [0.2, 0.25) is 0 Å². The maximum Gasteiger partial charge on any atom is 0.260 e. The van der Waals surface area contributed by atoms with Gasteiger partial charge in [0.1, 0.15) is 0 Å². The van der Waals surface area contributed by atoms with Crippen molar-refractivity contribution in [2.75, 3.05) is 25.1 Å². The molecule has 6 nitrogen and oxygen atoms in total. The van der Waals surface area contributed by atoms with Crippen molar-refractivity contribution in [3.05, 3.63) is 11.8 Å². The molecule has 1 atom stereocenters. The van der Waals surface area contributed by atoms with E-state index in [0.29, 0.717) is 18.7 Å². The van der Waals surface area contributed by atoms with Crippen LogP contribution in [0.15, 0.2) is 11.2 Å². The molecular formula is C10H18N4O2S2.